The second-order valence-electron chi connectivity index (χ2n) is 18.1. The summed E-state index contributed by atoms with van der Waals surface area (Å²) in [4.78, 5) is 10.9. The first-order chi connectivity index (χ1) is 29.2. The van der Waals surface area contributed by atoms with E-state index in [0.717, 1.165) is 38.9 Å². The van der Waals surface area contributed by atoms with Gasteiger partial charge in [-0.3, -0.25) is 4.57 Å². The maximum Gasteiger partial charge on any atom is 0.235 e. The molecule has 0 spiro atoms. The molecule has 4 nitrogen and oxygen atoms in total. The maximum atomic E-state index is 5.53. The van der Waals surface area contributed by atoms with Gasteiger partial charge in [0.1, 0.15) is 0 Å². The standard InChI is InChI=1S/C56H44N4/c1-55(2)31-32-56(3,4)45-34-49-43(33-44(45)55)41-28-30-48-51(53(41)59(49)39-18-9-6-10-19-39)50-40-20-12-11-17-37(40)27-29-47(50)60(48)54-57-46-22-14-13-21-42(46)52(58-54)38-25-23-36(24-26-38)35-15-7-5-8-16-35/h5-30,33-34H,31-32H2,1-4H3. The molecule has 4 heteroatoms. The summed E-state index contributed by atoms with van der Waals surface area (Å²) in [5, 5.41) is 8.43. The second-order valence-corrected chi connectivity index (χ2v) is 18.1. The molecule has 11 aromatic rings. The van der Waals surface area contributed by atoms with E-state index in [0.29, 0.717) is 5.95 Å². The van der Waals surface area contributed by atoms with Crippen LogP contribution in [0, 0.1) is 0 Å². The molecule has 0 bridgehead atoms. The average molecular weight is 773 g/mol. The van der Waals surface area contributed by atoms with Gasteiger partial charge in [0, 0.05) is 38.2 Å². The van der Waals surface area contributed by atoms with Gasteiger partial charge in [-0.05, 0) is 99.2 Å². The molecule has 0 saturated carbocycles. The van der Waals surface area contributed by atoms with E-state index in [1.165, 1.54) is 78.4 Å². The zero-order chi connectivity index (χ0) is 40.3. The van der Waals surface area contributed by atoms with Gasteiger partial charge in [0.15, 0.2) is 0 Å². The molecule has 0 saturated heterocycles. The van der Waals surface area contributed by atoms with E-state index in [9.17, 15) is 0 Å². The first-order valence-electron chi connectivity index (χ1n) is 21.2. The Hall–Kier alpha value is -7.04. The van der Waals surface area contributed by atoms with Crippen LogP contribution in [0.5, 0.6) is 0 Å². The molecule has 1 aliphatic rings. The number of fused-ring (bicyclic) bond motifs is 11. The smallest absolute Gasteiger partial charge is 0.235 e. The summed E-state index contributed by atoms with van der Waals surface area (Å²) in [6.07, 6.45) is 2.34. The van der Waals surface area contributed by atoms with Crippen LogP contribution in [0.4, 0.5) is 0 Å². The Morgan fingerprint density at radius 2 is 1.03 bits per heavy atom. The first kappa shape index (κ1) is 35.0. The summed E-state index contributed by atoms with van der Waals surface area (Å²) in [6, 6.07) is 61.8. The van der Waals surface area contributed by atoms with Gasteiger partial charge in [0.05, 0.1) is 33.3 Å². The molecule has 0 atom stereocenters. The van der Waals surface area contributed by atoms with Crippen molar-refractivity contribution in [3.63, 3.8) is 0 Å². The topological polar surface area (TPSA) is 35.6 Å². The third-order valence-corrected chi connectivity index (χ3v) is 13.6. The third kappa shape index (κ3) is 5.10. The summed E-state index contributed by atoms with van der Waals surface area (Å²) in [5.41, 5.74) is 14.1. The van der Waals surface area contributed by atoms with E-state index in [1.807, 2.05) is 0 Å². The van der Waals surface area contributed by atoms with Crippen LogP contribution in [-0.2, 0) is 10.8 Å². The average Bonchev–Trinajstić information content (AvgIpc) is 3.81. The summed E-state index contributed by atoms with van der Waals surface area (Å²) in [5.74, 6) is 0.659. The molecule has 12 rings (SSSR count). The molecule has 60 heavy (non-hydrogen) atoms. The van der Waals surface area contributed by atoms with Gasteiger partial charge in [0.25, 0.3) is 0 Å². The van der Waals surface area contributed by atoms with Crippen LogP contribution >= 0.6 is 0 Å². The quantitative estimate of drug-likeness (QED) is 0.179. The number of hydrogen-bond donors (Lipinski definition) is 0. The minimum absolute atomic E-state index is 0.0750. The molecule has 8 aromatic carbocycles. The minimum atomic E-state index is 0.0750. The minimum Gasteiger partial charge on any atom is -0.309 e. The lowest BCUT2D eigenvalue weighted by Gasteiger charge is -2.42. The Morgan fingerprint density at radius 3 is 1.80 bits per heavy atom. The van der Waals surface area contributed by atoms with Gasteiger partial charge >= 0.3 is 0 Å². The molecule has 0 amide bonds. The zero-order valence-corrected chi connectivity index (χ0v) is 34.4. The van der Waals surface area contributed by atoms with Crippen molar-refractivity contribution in [2.45, 2.75) is 51.4 Å². The van der Waals surface area contributed by atoms with Crippen LogP contribution in [0.2, 0.25) is 0 Å². The SMILES string of the molecule is CC1(C)CCC(C)(C)c2cc3c(cc21)c1ccc2c(c4c5ccccc5ccc4n2-c2nc(-c4ccc(-c5ccccc5)cc4)c4ccccc4n2)c1n3-c1ccccc1. The van der Waals surface area contributed by atoms with Crippen molar-refractivity contribution in [2.75, 3.05) is 0 Å². The molecule has 288 valence electrons. The van der Waals surface area contributed by atoms with Gasteiger partial charge in [-0.15, -0.1) is 0 Å². The molecule has 3 heterocycles. The zero-order valence-electron chi connectivity index (χ0n) is 34.4. The van der Waals surface area contributed by atoms with E-state index in [-0.39, 0.29) is 10.8 Å². The van der Waals surface area contributed by atoms with Gasteiger partial charge in [-0.1, -0.05) is 155 Å². The number of hydrogen-bond acceptors (Lipinski definition) is 2. The van der Waals surface area contributed by atoms with Crippen molar-refractivity contribution >= 4 is 65.3 Å². The predicted molar refractivity (Wildman–Crippen MR) is 252 cm³/mol. The summed E-state index contributed by atoms with van der Waals surface area (Å²) in [7, 11) is 0. The van der Waals surface area contributed by atoms with Crippen LogP contribution in [0.1, 0.15) is 51.7 Å². The lowest BCUT2D eigenvalue weighted by molar-refractivity contribution is 0.332. The first-order valence-corrected chi connectivity index (χ1v) is 21.2. The molecule has 3 aromatic heterocycles. The van der Waals surface area contributed by atoms with Crippen molar-refractivity contribution in [1.82, 2.24) is 19.1 Å². The Balaban J connectivity index is 1.21. The fraction of sp³-hybridized carbons (Fsp3) is 0.143. The highest BCUT2D eigenvalue weighted by Crippen LogP contribution is 2.50. The Kier molecular flexibility index (Phi) is 7.41. The Labute approximate surface area is 349 Å². The fourth-order valence-corrected chi connectivity index (χ4v) is 10.3. The van der Waals surface area contributed by atoms with Crippen molar-refractivity contribution < 1.29 is 0 Å². The van der Waals surface area contributed by atoms with Gasteiger partial charge in [-0.25, -0.2) is 9.97 Å². The van der Waals surface area contributed by atoms with Crippen LogP contribution in [0.25, 0.3) is 99.3 Å². The Bertz CT molecular complexity index is 3520. The molecular formula is C56H44N4. The lowest BCUT2D eigenvalue weighted by atomic mass is 9.63. The van der Waals surface area contributed by atoms with E-state index < -0.39 is 0 Å². The third-order valence-electron chi connectivity index (χ3n) is 13.6. The number of rotatable bonds is 4. The maximum absolute atomic E-state index is 5.53. The van der Waals surface area contributed by atoms with E-state index in [4.69, 9.17) is 9.97 Å². The highest BCUT2D eigenvalue weighted by Gasteiger charge is 2.38. The van der Waals surface area contributed by atoms with E-state index >= 15 is 0 Å². The molecule has 0 aliphatic heterocycles. The van der Waals surface area contributed by atoms with Gasteiger partial charge in [-0.2, -0.15) is 0 Å². The summed E-state index contributed by atoms with van der Waals surface area (Å²) >= 11 is 0. The molecule has 0 radical (unpaired) electrons. The highest BCUT2D eigenvalue weighted by atomic mass is 15.2. The van der Waals surface area contributed by atoms with Gasteiger partial charge in [0.2, 0.25) is 5.95 Å². The van der Waals surface area contributed by atoms with Crippen molar-refractivity contribution in [1.29, 1.82) is 0 Å². The van der Waals surface area contributed by atoms with E-state index in [2.05, 4.69) is 207 Å². The summed E-state index contributed by atoms with van der Waals surface area (Å²) in [6.45, 7) is 9.71. The molecular weight excluding hydrogens is 729 g/mol. The number of nitrogens with zero attached hydrogens (tertiary/aromatic N) is 4. The highest BCUT2D eigenvalue weighted by molar-refractivity contribution is 6.31. The van der Waals surface area contributed by atoms with Crippen LogP contribution in [0.3, 0.4) is 0 Å². The monoisotopic (exact) mass is 772 g/mol. The van der Waals surface area contributed by atoms with Crippen LogP contribution < -0.4 is 0 Å². The van der Waals surface area contributed by atoms with Crippen molar-refractivity contribution in [3.05, 3.63) is 181 Å². The van der Waals surface area contributed by atoms with Crippen molar-refractivity contribution in [2.24, 2.45) is 0 Å². The molecule has 0 N–H and O–H groups in total. The summed E-state index contributed by atoms with van der Waals surface area (Å²) < 4.78 is 4.85. The van der Waals surface area contributed by atoms with Crippen molar-refractivity contribution in [3.8, 4) is 34.0 Å². The molecule has 0 fully saturated rings. The fourth-order valence-electron chi connectivity index (χ4n) is 10.3. The number of aromatic nitrogens is 4. The normalized spacial score (nSPS) is 14.8. The van der Waals surface area contributed by atoms with Gasteiger partial charge < -0.3 is 4.57 Å². The number of para-hydroxylation sites is 2. The second kappa shape index (κ2) is 12.7. The number of benzene rings is 8. The van der Waals surface area contributed by atoms with E-state index in [1.54, 1.807) is 0 Å². The molecule has 0 unspecified atom stereocenters. The van der Waals surface area contributed by atoms with Crippen LogP contribution in [0.15, 0.2) is 170 Å². The molecule has 1 aliphatic carbocycles. The Morgan fingerprint density at radius 1 is 0.433 bits per heavy atom. The largest absolute Gasteiger partial charge is 0.309 e. The van der Waals surface area contributed by atoms with Crippen LogP contribution in [-0.4, -0.2) is 19.1 Å². The lowest BCUT2D eigenvalue weighted by Crippen LogP contribution is -2.33. The predicted octanol–water partition coefficient (Wildman–Crippen LogP) is 14.7.